The molecule has 0 fully saturated rings. The number of fused-ring (bicyclic) bond motifs is 1. The summed E-state index contributed by atoms with van der Waals surface area (Å²) in [5.41, 5.74) is 0.756. The molecule has 0 aliphatic rings. The molecule has 2 rings (SSSR count). The van der Waals surface area contributed by atoms with Gasteiger partial charge in [-0.05, 0) is 20.9 Å². The van der Waals surface area contributed by atoms with Gasteiger partial charge >= 0.3 is 0 Å². The van der Waals surface area contributed by atoms with Gasteiger partial charge in [0.1, 0.15) is 11.0 Å². The largest absolute Gasteiger partial charge is 0.377 e. The number of ether oxygens (including phenoxy) is 1. The highest BCUT2D eigenvalue weighted by molar-refractivity contribution is 6.33. The third-order valence-corrected chi connectivity index (χ3v) is 3.22. The molecule has 0 unspecified atom stereocenters. The van der Waals surface area contributed by atoms with Crippen molar-refractivity contribution in [3.05, 3.63) is 17.2 Å². The van der Waals surface area contributed by atoms with E-state index >= 15 is 0 Å². The summed E-state index contributed by atoms with van der Waals surface area (Å²) in [6.07, 6.45) is 1.93. The zero-order valence-corrected chi connectivity index (χ0v) is 13.1. The summed E-state index contributed by atoms with van der Waals surface area (Å²) < 4.78 is 7.23. The second kappa shape index (κ2) is 6.47. The van der Waals surface area contributed by atoms with Gasteiger partial charge in [0.15, 0.2) is 5.65 Å². The topological polar surface area (TPSA) is 56.1 Å². The molecular weight excluding hydrogens is 278 g/mol. The van der Waals surface area contributed by atoms with Gasteiger partial charge in [0.05, 0.1) is 30.8 Å². The molecule has 6 nitrogen and oxygen atoms in total. The molecule has 0 spiro atoms. The van der Waals surface area contributed by atoms with E-state index in [9.17, 15) is 0 Å². The first kappa shape index (κ1) is 15.2. The van der Waals surface area contributed by atoms with Crippen LogP contribution in [-0.4, -0.2) is 51.0 Å². The molecule has 0 bridgehead atoms. The summed E-state index contributed by atoms with van der Waals surface area (Å²) in [5.74, 6) is 0.693. The normalized spacial score (nSPS) is 11.9. The highest BCUT2D eigenvalue weighted by atomic mass is 35.5. The number of rotatable bonds is 6. The van der Waals surface area contributed by atoms with Crippen LogP contribution in [0.3, 0.4) is 0 Å². The predicted octanol–water partition coefficient (Wildman–Crippen LogP) is 1.87. The minimum atomic E-state index is 0.250. The van der Waals surface area contributed by atoms with Gasteiger partial charge in [0.25, 0.3) is 0 Å². The fourth-order valence-electron chi connectivity index (χ4n) is 1.87. The minimum absolute atomic E-state index is 0.250. The van der Waals surface area contributed by atoms with Crippen molar-refractivity contribution >= 4 is 22.6 Å². The molecule has 0 N–H and O–H groups in total. The number of nitrogens with zero attached hydrogens (tertiary/aromatic N) is 5. The zero-order chi connectivity index (χ0) is 14.7. The fourth-order valence-corrected chi connectivity index (χ4v) is 2.10. The van der Waals surface area contributed by atoms with E-state index in [4.69, 9.17) is 16.3 Å². The average Bonchev–Trinajstić information content (AvgIpc) is 2.71. The van der Waals surface area contributed by atoms with Crippen molar-refractivity contribution in [3.8, 4) is 0 Å². The molecule has 0 saturated carbocycles. The monoisotopic (exact) mass is 297 g/mol. The Hall–Kier alpha value is -1.24. The first-order valence-electron chi connectivity index (χ1n) is 6.61. The maximum Gasteiger partial charge on any atom is 0.162 e. The lowest BCUT2D eigenvalue weighted by Gasteiger charge is -2.16. The molecule has 0 amide bonds. The molecule has 110 valence electrons. The third kappa shape index (κ3) is 3.65. The average molecular weight is 298 g/mol. The fraction of sp³-hybridized carbons (Fsp3) is 0.615. The van der Waals surface area contributed by atoms with Crippen LogP contribution in [0.2, 0.25) is 5.15 Å². The van der Waals surface area contributed by atoms with Gasteiger partial charge in [-0.2, -0.15) is 5.10 Å². The van der Waals surface area contributed by atoms with E-state index in [1.807, 2.05) is 27.9 Å². The number of hydrogen-bond donors (Lipinski definition) is 0. The standard InChI is InChI=1S/C13H20ClN5O/c1-9(2)20-6-5-18(3)8-11-16-12(14)10-7-15-19(4)13(10)17-11/h7,9H,5-6,8H2,1-4H3. The Labute approximate surface area is 123 Å². The molecular formula is C13H20ClN5O. The van der Waals surface area contributed by atoms with E-state index in [2.05, 4.69) is 20.0 Å². The van der Waals surface area contributed by atoms with Crippen LogP contribution in [0.15, 0.2) is 6.20 Å². The molecule has 2 aromatic rings. The summed E-state index contributed by atoms with van der Waals surface area (Å²) in [7, 11) is 3.85. The third-order valence-electron chi connectivity index (χ3n) is 2.93. The van der Waals surface area contributed by atoms with Crippen molar-refractivity contribution in [2.75, 3.05) is 20.2 Å². The van der Waals surface area contributed by atoms with Crippen molar-refractivity contribution in [2.45, 2.75) is 26.5 Å². The molecule has 0 saturated heterocycles. The van der Waals surface area contributed by atoms with Gasteiger partial charge in [-0.3, -0.25) is 9.58 Å². The van der Waals surface area contributed by atoms with Gasteiger partial charge in [-0.25, -0.2) is 9.97 Å². The van der Waals surface area contributed by atoms with Crippen LogP contribution in [0.1, 0.15) is 19.7 Å². The predicted molar refractivity (Wildman–Crippen MR) is 78.7 cm³/mol. The summed E-state index contributed by atoms with van der Waals surface area (Å²) >= 11 is 6.16. The van der Waals surface area contributed by atoms with Crippen LogP contribution in [0.4, 0.5) is 0 Å². The molecule has 0 aromatic carbocycles. The summed E-state index contributed by atoms with van der Waals surface area (Å²) in [6.45, 7) is 6.19. The lowest BCUT2D eigenvalue weighted by molar-refractivity contribution is 0.0623. The molecule has 7 heteroatoms. The maximum atomic E-state index is 6.16. The number of aromatic nitrogens is 4. The number of hydrogen-bond acceptors (Lipinski definition) is 5. The quantitative estimate of drug-likeness (QED) is 0.762. The van der Waals surface area contributed by atoms with E-state index in [0.29, 0.717) is 24.1 Å². The van der Waals surface area contributed by atoms with E-state index in [-0.39, 0.29) is 6.10 Å². The molecule has 2 heterocycles. The molecule has 0 radical (unpaired) electrons. The Bertz CT molecular complexity index is 583. The SMILES string of the molecule is CC(C)OCCN(C)Cc1nc(Cl)c2cnn(C)c2n1. The smallest absolute Gasteiger partial charge is 0.162 e. The first-order chi connectivity index (χ1) is 9.47. The van der Waals surface area contributed by atoms with E-state index < -0.39 is 0 Å². The Morgan fingerprint density at radius 1 is 1.40 bits per heavy atom. The molecule has 0 aliphatic carbocycles. The summed E-state index contributed by atoms with van der Waals surface area (Å²) in [6, 6.07) is 0. The van der Waals surface area contributed by atoms with E-state index in [0.717, 1.165) is 17.6 Å². The van der Waals surface area contributed by atoms with Crippen LogP contribution in [0.5, 0.6) is 0 Å². The number of likely N-dealkylation sites (N-methyl/N-ethyl adjacent to an activating group) is 1. The summed E-state index contributed by atoms with van der Waals surface area (Å²) in [4.78, 5) is 10.9. The van der Waals surface area contributed by atoms with Crippen LogP contribution in [0.25, 0.3) is 11.0 Å². The van der Waals surface area contributed by atoms with Crippen molar-refractivity contribution < 1.29 is 4.74 Å². The van der Waals surface area contributed by atoms with Crippen LogP contribution >= 0.6 is 11.6 Å². The van der Waals surface area contributed by atoms with Gasteiger partial charge in [0, 0.05) is 13.6 Å². The van der Waals surface area contributed by atoms with Crippen molar-refractivity contribution in [1.82, 2.24) is 24.6 Å². The first-order valence-corrected chi connectivity index (χ1v) is 6.99. The number of halogens is 1. The van der Waals surface area contributed by atoms with Crippen LogP contribution in [-0.2, 0) is 18.3 Å². The second-order valence-corrected chi connectivity index (χ2v) is 5.45. The summed E-state index contributed by atoms with van der Waals surface area (Å²) in [5, 5.41) is 5.37. The van der Waals surface area contributed by atoms with Gasteiger partial charge < -0.3 is 4.74 Å². The Kier molecular flexibility index (Phi) is 4.91. The lowest BCUT2D eigenvalue weighted by atomic mass is 10.4. The Balaban J connectivity index is 2.04. The highest BCUT2D eigenvalue weighted by Crippen LogP contribution is 2.19. The van der Waals surface area contributed by atoms with Crippen molar-refractivity contribution in [2.24, 2.45) is 7.05 Å². The van der Waals surface area contributed by atoms with Crippen LogP contribution < -0.4 is 0 Å². The minimum Gasteiger partial charge on any atom is -0.377 e. The molecule has 0 aliphatic heterocycles. The van der Waals surface area contributed by atoms with Crippen molar-refractivity contribution in [3.63, 3.8) is 0 Å². The number of aryl methyl sites for hydroxylation is 1. The molecule has 2 aromatic heterocycles. The van der Waals surface area contributed by atoms with E-state index in [1.165, 1.54) is 0 Å². The van der Waals surface area contributed by atoms with Gasteiger partial charge in [-0.1, -0.05) is 11.6 Å². The van der Waals surface area contributed by atoms with E-state index in [1.54, 1.807) is 10.9 Å². The zero-order valence-electron chi connectivity index (χ0n) is 12.3. The second-order valence-electron chi connectivity index (χ2n) is 5.09. The van der Waals surface area contributed by atoms with Crippen LogP contribution in [0, 0.1) is 0 Å². The van der Waals surface area contributed by atoms with Gasteiger partial charge in [-0.15, -0.1) is 0 Å². The highest BCUT2D eigenvalue weighted by Gasteiger charge is 2.11. The van der Waals surface area contributed by atoms with Gasteiger partial charge in [0.2, 0.25) is 0 Å². The lowest BCUT2D eigenvalue weighted by Crippen LogP contribution is -2.25. The maximum absolute atomic E-state index is 6.16. The Morgan fingerprint density at radius 3 is 2.85 bits per heavy atom. The Morgan fingerprint density at radius 2 is 2.15 bits per heavy atom. The molecule has 0 atom stereocenters. The molecule has 20 heavy (non-hydrogen) atoms. The van der Waals surface area contributed by atoms with Crippen molar-refractivity contribution in [1.29, 1.82) is 0 Å².